The zero-order valence-corrected chi connectivity index (χ0v) is 31.4. The van der Waals surface area contributed by atoms with Crippen LogP contribution in [0.4, 0.5) is 0 Å². The molecule has 55 heavy (non-hydrogen) atoms. The number of rotatable bonds is 9. The van der Waals surface area contributed by atoms with Gasteiger partial charge in [0.05, 0.1) is 29.4 Å². The topological polar surface area (TPSA) is 171 Å². The number of aliphatic hydroxyl groups is 3. The highest BCUT2D eigenvalue weighted by molar-refractivity contribution is 6.08. The van der Waals surface area contributed by atoms with E-state index >= 15 is 0 Å². The lowest BCUT2D eigenvalue weighted by molar-refractivity contribution is -0.888. The number of Topliss-reactive ketones (excluding diaryl/α,β-unsaturated/α-hetero) is 1. The van der Waals surface area contributed by atoms with Crippen LogP contribution in [-0.4, -0.2) is 63.4 Å². The van der Waals surface area contributed by atoms with E-state index in [1.54, 1.807) is 6.07 Å². The van der Waals surface area contributed by atoms with Crippen molar-refractivity contribution < 1.29 is 39.6 Å². The number of hydrogen-bond acceptors (Lipinski definition) is 10. The van der Waals surface area contributed by atoms with E-state index in [0.29, 0.717) is 30.7 Å². The van der Waals surface area contributed by atoms with Crippen LogP contribution in [0.5, 0.6) is 17.2 Å². The quantitative estimate of drug-likeness (QED) is 0.191. The van der Waals surface area contributed by atoms with Crippen molar-refractivity contribution in [1.29, 1.82) is 0 Å². The number of nitrogens with two attached hydrogens (primary N) is 1. The van der Waals surface area contributed by atoms with E-state index in [9.17, 15) is 25.2 Å². The number of carbonyl (C=O) groups excluding carboxylic acids is 1. The van der Waals surface area contributed by atoms with Gasteiger partial charge >= 0.3 is 0 Å². The number of phenols is 1. The molecule has 5 heterocycles. The first-order chi connectivity index (χ1) is 26.6. The second-order valence-electron chi connectivity index (χ2n) is 16.0. The van der Waals surface area contributed by atoms with E-state index in [1.807, 2.05) is 25.3 Å². The van der Waals surface area contributed by atoms with Crippen LogP contribution in [0.2, 0.25) is 0 Å². The van der Waals surface area contributed by atoms with Crippen molar-refractivity contribution in [1.82, 2.24) is 5.32 Å². The van der Waals surface area contributed by atoms with Crippen molar-refractivity contribution in [2.24, 2.45) is 22.1 Å². The Hall–Kier alpha value is -4.46. The number of nitrogens with one attached hydrogen (secondary N) is 2. The van der Waals surface area contributed by atoms with Gasteiger partial charge in [-0.1, -0.05) is 56.1 Å². The molecule has 6 aliphatic rings. The Kier molecular flexibility index (Phi) is 10.6. The second kappa shape index (κ2) is 15.6. The smallest absolute Gasteiger partial charge is 0.252 e. The molecule has 7 atom stereocenters. The van der Waals surface area contributed by atoms with Crippen molar-refractivity contribution in [3.8, 4) is 41.1 Å². The number of aliphatic imine (C=N–C) groups is 1. The van der Waals surface area contributed by atoms with Gasteiger partial charge < -0.3 is 35.6 Å². The fourth-order valence-corrected chi connectivity index (χ4v) is 9.38. The lowest BCUT2D eigenvalue weighted by atomic mass is 9.73. The molecule has 0 saturated heterocycles. The van der Waals surface area contributed by atoms with Gasteiger partial charge in [-0.3, -0.25) is 20.0 Å². The van der Waals surface area contributed by atoms with Crippen LogP contribution in [0, 0.1) is 35.2 Å². The molecular weight excluding hydrogens is 697 g/mol. The maximum atomic E-state index is 12.9. The van der Waals surface area contributed by atoms with Gasteiger partial charge in [-0.2, -0.15) is 0 Å². The fraction of sp³-hybridized carbons (Fsp3) is 0.500. The maximum Gasteiger partial charge on any atom is 0.252 e. The summed E-state index contributed by atoms with van der Waals surface area (Å²) in [5.74, 6) is 10.3. The number of ketones is 1. The molecule has 0 amide bonds. The Morgan fingerprint density at radius 2 is 1.95 bits per heavy atom. The molecular formula is C44H51N4O7+. The molecule has 1 spiro atoms. The molecule has 2 aromatic carbocycles. The molecule has 2 aromatic rings. The minimum atomic E-state index is -1.05. The summed E-state index contributed by atoms with van der Waals surface area (Å²) in [6.45, 7) is 3.29. The number of nitrogens with zero attached hydrogens (tertiary/aromatic N) is 1. The predicted octanol–water partition coefficient (Wildman–Crippen LogP) is 2.95. The Morgan fingerprint density at radius 1 is 1.13 bits per heavy atom. The van der Waals surface area contributed by atoms with Crippen molar-refractivity contribution in [3.05, 3.63) is 75.6 Å². The highest BCUT2D eigenvalue weighted by atomic mass is 16.5. The lowest BCUT2D eigenvalue weighted by Gasteiger charge is -2.36. The SMILES string of the molecule is CCC[C@H](O)C[C@@H](O)CC(=O)CCc1cc2c(cc1O)OC#CC1(CCCC1)[C@@H]1C#C[C@H](O)c3ccc4c(c3CC3=CN=C5C[NH+](C=C35)[C@H]1O2)CCN[C@H]4N. The summed E-state index contributed by atoms with van der Waals surface area (Å²) < 4.78 is 13.1. The third-order valence-electron chi connectivity index (χ3n) is 12.3. The van der Waals surface area contributed by atoms with Crippen LogP contribution in [0.1, 0.15) is 105 Å². The van der Waals surface area contributed by atoms with Gasteiger partial charge in [0.2, 0.25) is 0 Å². The van der Waals surface area contributed by atoms with Crippen molar-refractivity contribution in [2.75, 3.05) is 13.1 Å². The first-order valence-electron chi connectivity index (χ1n) is 19.9. The first kappa shape index (κ1) is 37.5. The van der Waals surface area contributed by atoms with E-state index in [2.05, 4.69) is 35.4 Å². The van der Waals surface area contributed by atoms with Crippen LogP contribution < -0.4 is 25.4 Å². The average Bonchev–Trinajstić information content (AvgIpc) is 3.90. The van der Waals surface area contributed by atoms with Crippen molar-refractivity contribution >= 4 is 11.5 Å². The predicted molar refractivity (Wildman–Crippen MR) is 206 cm³/mol. The van der Waals surface area contributed by atoms with Crippen LogP contribution in [0.3, 0.4) is 0 Å². The fourth-order valence-electron chi connectivity index (χ4n) is 9.38. The second-order valence-corrected chi connectivity index (χ2v) is 16.0. The summed E-state index contributed by atoms with van der Waals surface area (Å²) in [5, 5.41) is 46.9. The van der Waals surface area contributed by atoms with Gasteiger partial charge in [0.1, 0.15) is 48.1 Å². The number of allylic oxidation sites excluding steroid dienone is 1. The molecule has 8 rings (SSSR count). The molecule has 5 aliphatic heterocycles. The summed E-state index contributed by atoms with van der Waals surface area (Å²) in [6, 6.07) is 7.18. The minimum absolute atomic E-state index is 0.0456. The minimum Gasteiger partial charge on any atom is -0.508 e. The standard InChI is InChI=1S/C44H50N4O7/c1-2-5-28(49)20-30(51)21-29(50)7-6-26-19-41-40(22-39(26)53)54-17-15-44(13-3-4-14-44)36-10-11-38(52)32-8-9-33-31(12-16-46-42(33)45)34(32)18-27-23-47-37-25-48(24-35(27)37)43(36)55-41/h8-9,19,22-24,28,30,36,38,42-43,46,49,51-53H,2-7,12-14,16,18,20-21,25,45H2,1H3/p+1/t28-,30+,36+,38-,42+,43-/m0/s1. The normalized spacial score (nSPS) is 26.6. The number of phenolic OH excluding ortho intramolecular Hbond substituents is 1. The molecule has 8 N–H and O–H groups in total. The number of ether oxygens (including phenoxy) is 2. The molecule has 2 bridgehead atoms. The number of hydrogen-bond donors (Lipinski definition) is 7. The number of aliphatic hydroxyl groups excluding tert-OH is 3. The van der Waals surface area contributed by atoms with E-state index in [0.717, 1.165) is 89.1 Å². The Morgan fingerprint density at radius 3 is 2.76 bits per heavy atom. The zero-order chi connectivity index (χ0) is 38.3. The molecule has 1 unspecified atom stereocenters. The van der Waals surface area contributed by atoms with E-state index in [4.69, 9.17) is 20.2 Å². The summed E-state index contributed by atoms with van der Waals surface area (Å²) >= 11 is 0. The molecule has 1 fully saturated rings. The van der Waals surface area contributed by atoms with E-state index in [-0.39, 0.29) is 49.1 Å². The summed E-state index contributed by atoms with van der Waals surface area (Å²) in [7, 11) is 0. The number of aromatic hydroxyl groups is 1. The number of fused-ring (bicyclic) bond motifs is 8. The van der Waals surface area contributed by atoms with Gasteiger partial charge in [0.15, 0.2) is 11.5 Å². The largest absolute Gasteiger partial charge is 0.508 e. The van der Waals surface area contributed by atoms with Crippen LogP contribution in [-0.2, 0) is 24.1 Å². The Labute approximate surface area is 322 Å². The molecule has 11 heteroatoms. The van der Waals surface area contributed by atoms with Crippen molar-refractivity contribution in [3.63, 3.8) is 0 Å². The molecule has 288 valence electrons. The van der Waals surface area contributed by atoms with Gasteiger partial charge in [-0.25, -0.2) is 0 Å². The molecule has 1 saturated carbocycles. The highest BCUT2D eigenvalue weighted by Gasteiger charge is 2.51. The number of aryl methyl sites for hydroxylation is 1. The first-order valence-corrected chi connectivity index (χ1v) is 19.9. The maximum absolute atomic E-state index is 12.9. The number of carbonyl (C=O) groups is 1. The number of quaternary nitrogens is 1. The zero-order valence-electron chi connectivity index (χ0n) is 31.4. The molecule has 1 aliphatic carbocycles. The van der Waals surface area contributed by atoms with Crippen LogP contribution >= 0.6 is 0 Å². The monoisotopic (exact) mass is 747 g/mol. The summed E-state index contributed by atoms with van der Waals surface area (Å²) in [4.78, 5) is 18.8. The van der Waals surface area contributed by atoms with Gasteiger partial charge in [0, 0.05) is 38.1 Å². The Balaban J connectivity index is 1.16. The van der Waals surface area contributed by atoms with E-state index < -0.39 is 35.9 Å². The van der Waals surface area contributed by atoms with Crippen molar-refractivity contribution in [2.45, 2.75) is 115 Å². The summed E-state index contributed by atoms with van der Waals surface area (Å²) in [5.41, 5.74) is 13.6. The Bertz CT molecular complexity index is 2080. The molecule has 11 nitrogen and oxygen atoms in total. The third-order valence-corrected chi connectivity index (χ3v) is 12.3. The van der Waals surface area contributed by atoms with Gasteiger partial charge in [0.25, 0.3) is 6.23 Å². The molecule has 0 aromatic heterocycles. The summed E-state index contributed by atoms with van der Waals surface area (Å²) in [6.07, 6.45) is 10.3. The van der Waals surface area contributed by atoms with Crippen LogP contribution in [0.15, 0.2) is 52.8 Å². The van der Waals surface area contributed by atoms with Gasteiger partial charge in [-0.05, 0) is 78.0 Å². The average molecular weight is 748 g/mol. The highest BCUT2D eigenvalue weighted by Crippen LogP contribution is 2.47. The van der Waals surface area contributed by atoms with E-state index in [1.165, 1.54) is 6.07 Å². The molecule has 0 radical (unpaired) electrons. The lowest BCUT2D eigenvalue weighted by Crippen LogP contribution is -3.13. The third kappa shape index (κ3) is 7.46. The number of benzene rings is 2. The van der Waals surface area contributed by atoms with Gasteiger partial charge in [-0.15, -0.1) is 0 Å². The van der Waals surface area contributed by atoms with Crippen LogP contribution in [0.25, 0.3) is 0 Å².